The van der Waals surface area contributed by atoms with E-state index in [1.807, 2.05) is 4.90 Å². The molecule has 9 nitrogen and oxygen atoms in total. The van der Waals surface area contributed by atoms with Gasteiger partial charge in [0.1, 0.15) is 11.2 Å². The smallest absolute Gasteiger partial charge is 0.309 e. The minimum Gasteiger partial charge on any atom is -0.455 e. The van der Waals surface area contributed by atoms with Crippen LogP contribution in [0.5, 0.6) is 0 Å². The van der Waals surface area contributed by atoms with Gasteiger partial charge in [0.05, 0.1) is 16.9 Å². The summed E-state index contributed by atoms with van der Waals surface area (Å²) in [4.78, 5) is 37.1. The predicted octanol–water partition coefficient (Wildman–Crippen LogP) is 2.31. The van der Waals surface area contributed by atoms with Crippen molar-refractivity contribution in [1.82, 2.24) is 5.32 Å². The van der Waals surface area contributed by atoms with Gasteiger partial charge < -0.3 is 15.0 Å². The van der Waals surface area contributed by atoms with Crippen LogP contribution in [0.15, 0.2) is 24.3 Å². The van der Waals surface area contributed by atoms with Gasteiger partial charge in [-0.3, -0.25) is 19.7 Å². The van der Waals surface area contributed by atoms with Crippen LogP contribution in [-0.2, 0) is 14.3 Å². The Labute approximate surface area is 168 Å². The molecule has 0 bridgehead atoms. The Morgan fingerprint density at radius 1 is 1.28 bits per heavy atom. The molecule has 1 aromatic carbocycles. The van der Waals surface area contributed by atoms with Gasteiger partial charge in [0, 0.05) is 19.2 Å². The molecule has 1 saturated carbocycles. The monoisotopic (exact) mass is 400 g/mol. The van der Waals surface area contributed by atoms with Gasteiger partial charge in [-0.05, 0) is 44.6 Å². The van der Waals surface area contributed by atoms with E-state index in [1.54, 1.807) is 18.2 Å². The molecule has 0 unspecified atom stereocenters. The van der Waals surface area contributed by atoms with Crippen molar-refractivity contribution in [3.05, 3.63) is 34.4 Å². The largest absolute Gasteiger partial charge is 0.455 e. The average Bonchev–Trinajstić information content (AvgIpc) is 3.21. The summed E-state index contributed by atoms with van der Waals surface area (Å²) >= 11 is 0. The molecule has 0 atom stereocenters. The van der Waals surface area contributed by atoms with Crippen molar-refractivity contribution in [2.45, 2.75) is 44.1 Å². The fourth-order valence-corrected chi connectivity index (χ4v) is 4.04. The third kappa shape index (κ3) is 4.83. The molecule has 3 rings (SSSR count). The molecule has 1 saturated heterocycles. The van der Waals surface area contributed by atoms with Gasteiger partial charge in [-0.25, -0.2) is 0 Å². The summed E-state index contributed by atoms with van der Waals surface area (Å²) in [7, 11) is 0. The zero-order valence-corrected chi connectivity index (χ0v) is 16.1. The number of amides is 1. The molecule has 0 radical (unpaired) electrons. The van der Waals surface area contributed by atoms with Gasteiger partial charge in [-0.2, -0.15) is 5.26 Å². The zero-order chi connectivity index (χ0) is 20.9. The van der Waals surface area contributed by atoms with E-state index in [-0.39, 0.29) is 11.6 Å². The lowest BCUT2D eigenvalue weighted by Gasteiger charge is -2.32. The van der Waals surface area contributed by atoms with E-state index in [2.05, 4.69) is 11.4 Å². The molecular weight excluding hydrogens is 376 g/mol. The predicted molar refractivity (Wildman–Crippen MR) is 104 cm³/mol. The summed E-state index contributed by atoms with van der Waals surface area (Å²) < 4.78 is 5.16. The number of anilines is 1. The van der Waals surface area contributed by atoms with Crippen LogP contribution in [0.4, 0.5) is 11.4 Å². The number of para-hydroxylation sites is 2. The van der Waals surface area contributed by atoms with E-state index >= 15 is 0 Å². The number of benzene rings is 1. The second-order valence-electron chi connectivity index (χ2n) is 7.56. The van der Waals surface area contributed by atoms with Crippen LogP contribution in [0.25, 0.3) is 0 Å². The highest BCUT2D eigenvalue weighted by Gasteiger charge is 2.36. The van der Waals surface area contributed by atoms with Gasteiger partial charge in [-0.1, -0.05) is 12.1 Å². The minimum atomic E-state index is -0.834. The van der Waals surface area contributed by atoms with E-state index in [0.717, 1.165) is 12.8 Å². The fraction of sp³-hybridized carbons (Fsp3) is 0.550. The van der Waals surface area contributed by atoms with Crippen molar-refractivity contribution in [3.63, 3.8) is 0 Å². The van der Waals surface area contributed by atoms with Crippen LogP contribution in [0.2, 0.25) is 0 Å². The summed E-state index contributed by atoms with van der Waals surface area (Å²) in [6.45, 7) is 0.593. The Kier molecular flexibility index (Phi) is 6.32. The van der Waals surface area contributed by atoms with E-state index in [0.29, 0.717) is 44.5 Å². The lowest BCUT2D eigenvalue weighted by atomic mass is 9.96. The van der Waals surface area contributed by atoms with Gasteiger partial charge >= 0.3 is 5.97 Å². The first-order valence-electron chi connectivity index (χ1n) is 9.81. The molecule has 1 heterocycles. The standard InChI is InChI=1S/C20H24N4O5/c21-14-20(9-3-4-10-20)22-18(25)13-29-19(26)15-7-11-23(12-8-15)16-5-1-2-6-17(16)24(27)28/h1-2,5-6,15H,3-4,7-13H2,(H,22,25). The maximum atomic E-state index is 12.3. The number of carbonyl (C=O) groups is 2. The highest BCUT2D eigenvalue weighted by atomic mass is 16.6. The maximum Gasteiger partial charge on any atom is 0.309 e. The summed E-state index contributed by atoms with van der Waals surface area (Å²) in [6, 6.07) is 8.71. The highest BCUT2D eigenvalue weighted by molar-refractivity contribution is 5.82. The molecule has 0 aromatic heterocycles. The van der Waals surface area contributed by atoms with Gasteiger partial charge in [0.2, 0.25) is 0 Å². The normalized spacial score (nSPS) is 18.7. The van der Waals surface area contributed by atoms with E-state index in [9.17, 15) is 25.0 Å². The van der Waals surface area contributed by atoms with Crippen LogP contribution < -0.4 is 10.2 Å². The first-order valence-corrected chi connectivity index (χ1v) is 9.81. The molecule has 1 aromatic rings. The van der Waals surface area contributed by atoms with Crippen LogP contribution >= 0.6 is 0 Å². The Morgan fingerprint density at radius 3 is 2.55 bits per heavy atom. The number of hydrogen-bond donors (Lipinski definition) is 1. The first-order chi connectivity index (χ1) is 13.9. The maximum absolute atomic E-state index is 12.3. The highest BCUT2D eigenvalue weighted by Crippen LogP contribution is 2.31. The first kappa shape index (κ1) is 20.6. The molecule has 154 valence electrons. The molecule has 1 aliphatic heterocycles. The van der Waals surface area contributed by atoms with Crippen molar-refractivity contribution in [1.29, 1.82) is 5.26 Å². The third-order valence-electron chi connectivity index (χ3n) is 5.64. The minimum absolute atomic E-state index is 0.0449. The molecule has 1 amide bonds. The van der Waals surface area contributed by atoms with Crippen LogP contribution in [0, 0.1) is 27.4 Å². The molecule has 29 heavy (non-hydrogen) atoms. The van der Waals surface area contributed by atoms with Crippen molar-refractivity contribution >= 4 is 23.3 Å². The SMILES string of the molecule is N#CC1(NC(=O)COC(=O)C2CCN(c3ccccc3[N+](=O)[O-])CC2)CCCC1. The topological polar surface area (TPSA) is 126 Å². The third-order valence-corrected chi connectivity index (χ3v) is 5.64. The number of ether oxygens (including phenoxy) is 1. The molecule has 2 fully saturated rings. The van der Waals surface area contributed by atoms with Crippen molar-refractivity contribution in [3.8, 4) is 6.07 Å². The molecule has 1 N–H and O–H groups in total. The van der Waals surface area contributed by atoms with Crippen molar-refractivity contribution in [2.75, 3.05) is 24.6 Å². The summed E-state index contributed by atoms with van der Waals surface area (Å²) in [5.41, 5.74) is -0.246. The quantitative estimate of drug-likeness (QED) is 0.441. The van der Waals surface area contributed by atoms with Crippen LogP contribution in [-0.4, -0.2) is 42.0 Å². The number of esters is 1. The zero-order valence-electron chi connectivity index (χ0n) is 16.1. The number of carbonyl (C=O) groups excluding carboxylic acids is 2. The van der Waals surface area contributed by atoms with Crippen molar-refractivity contribution in [2.24, 2.45) is 5.92 Å². The molecule has 0 spiro atoms. The van der Waals surface area contributed by atoms with E-state index in [1.165, 1.54) is 6.07 Å². The van der Waals surface area contributed by atoms with Gasteiger partial charge in [0.25, 0.3) is 11.6 Å². The number of piperidine rings is 1. The van der Waals surface area contributed by atoms with Crippen molar-refractivity contribution < 1.29 is 19.2 Å². The summed E-state index contributed by atoms with van der Waals surface area (Å²) in [5, 5.41) is 23.2. The molecular formula is C20H24N4O5. The molecule has 9 heteroatoms. The van der Waals surface area contributed by atoms with Crippen LogP contribution in [0.3, 0.4) is 0 Å². The average molecular weight is 400 g/mol. The summed E-state index contributed by atoms with van der Waals surface area (Å²) in [6.07, 6.45) is 4.02. The Bertz CT molecular complexity index is 820. The second kappa shape index (κ2) is 8.90. The number of nitro benzene ring substituents is 1. The Balaban J connectivity index is 1.47. The van der Waals surface area contributed by atoms with Gasteiger partial charge in [-0.15, -0.1) is 0 Å². The number of nitro groups is 1. The number of hydrogen-bond acceptors (Lipinski definition) is 7. The lowest BCUT2D eigenvalue weighted by Crippen LogP contribution is -2.47. The van der Waals surface area contributed by atoms with Crippen LogP contribution in [0.1, 0.15) is 38.5 Å². The number of nitrogens with zero attached hydrogens (tertiary/aromatic N) is 3. The van der Waals surface area contributed by atoms with E-state index < -0.39 is 28.9 Å². The van der Waals surface area contributed by atoms with Gasteiger partial charge in [0.15, 0.2) is 6.61 Å². The lowest BCUT2D eigenvalue weighted by molar-refractivity contribution is -0.384. The second-order valence-corrected chi connectivity index (χ2v) is 7.56. The number of rotatable bonds is 6. The molecule has 2 aliphatic rings. The number of nitriles is 1. The molecule has 1 aliphatic carbocycles. The number of nitrogens with one attached hydrogen (secondary N) is 1. The Hall–Kier alpha value is -3.15. The summed E-state index contributed by atoms with van der Waals surface area (Å²) in [5.74, 6) is -1.25. The fourth-order valence-electron chi connectivity index (χ4n) is 4.04. The Morgan fingerprint density at radius 2 is 1.93 bits per heavy atom. The van der Waals surface area contributed by atoms with E-state index in [4.69, 9.17) is 4.74 Å².